The van der Waals surface area contributed by atoms with Crippen LogP contribution >= 0.6 is 0 Å². The molecule has 0 bridgehead atoms. The molecule has 1 aromatic carbocycles. The van der Waals surface area contributed by atoms with Crippen LogP contribution in [0.3, 0.4) is 0 Å². The van der Waals surface area contributed by atoms with Gasteiger partial charge in [-0.1, -0.05) is 43.5 Å². The zero-order valence-electron chi connectivity index (χ0n) is 17.9. The predicted molar refractivity (Wildman–Crippen MR) is 115 cm³/mol. The fraction of sp³-hybridized carbons (Fsp3) is 0.640. The van der Waals surface area contributed by atoms with Crippen molar-refractivity contribution in [2.75, 3.05) is 13.1 Å². The molecule has 4 rings (SSSR count). The molecule has 2 fully saturated rings. The van der Waals surface area contributed by atoms with Crippen LogP contribution in [0.15, 0.2) is 36.1 Å². The molecule has 0 unspecified atom stereocenters. The summed E-state index contributed by atoms with van der Waals surface area (Å²) in [5.74, 6) is 1.52. The minimum atomic E-state index is -0.386. The van der Waals surface area contributed by atoms with Crippen LogP contribution in [0.4, 0.5) is 0 Å². The Balaban J connectivity index is 1.43. The Morgan fingerprint density at radius 1 is 1.00 bits per heavy atom. The highest BCUT2D eigenvalue weighted by Crippen LogP contribution is 2.37. The SMILES string of the molecule is O=C(C1=C[C@H](C2CCCCC2)C[C@H](OCc2ccc(CO)cc2)O1)N1CCCCC1. The van der Waals surface area contributed by atoms with Crippen molar-refractivity contribution in [3.05, 3.63) is 47.2 Å². The molecule has 1 saturated heterocycles. The molecule has 3 aliphatic rings. The molecule has 2 heterocycles. The van der Waals surface area contributed by atoms with E-state index < -0.39 is 0 Å². The van der Waals surface area contributed by atoms with Gasteiger partial charge in [0, 0.05) is 19.5 Å². The minimum absolute atomic E-state index is 0.0381. The van der Waals surface area contributed by atoms with Gasteiger partial charge in [-0.25, -0.2) is 0 Å². The summed E-state index contributed by atoms with van der Waals surface area (Å²) >= 11 is 0. The quantitative estimate of drug-likeness (QED) is 0.744. The van der Waals surface area contributed by atoms with Gasteiger partial charge < -0.3 is 19.5 Å². The van der Waals surface area contributed by atoms with Gasteiger partial charge in [0.2, 0.25) is 6.29 Å². The Morgan fingerprint density at radius 3 is 2.37 bits per heavy atom. The number of likely N-dealkylation sites (tertiary alicyclic amines) is 1. The van der Waals surface area contributed by atoms with E-state index in [0.29, 0.717) is 24.2 Å². The van der Waals surface area contributed by atoms with Crippen molar-refractivity contribution < 1.29 is 19.4 Å². The van der Waals surface area contributed by atoms with Gasteiger partial charge in [0.1, 0.15) is 0 Å². The molecule has 164 valence electrons. The smallest absolute Gasteiger partial charge is 0.288 e. The minimum Gasteiger partial charge on any atom is -0.459 e. The average Bonchev–Trinajstić information content (AvgIpc) is 2.83. The molecular formula is C25H35NO4. The number of rotatable bonds is 6. The highest BCUT2D eigenvalue weighted by atomic mass is 16.7. The molecule has 1 saturated carbocycles. The molecular weight excluding hydrogens is 378 g/mol. The normalized spacial score (nSPS) is 25.5. The number of hydrogen-bond acceptors (Lipinski definition) is 4. The first-order valence-electron chi connectivity index (χ1n) is 11.7. The molecule has 1 aliphatic carbocycles. The lowest BCUT2D eigenvalue weighted by Gasteiger charge is -2.36. The summed E-state index contributed by atoms with van der Waals surface area (Å²) < 4.78 is 12.2. The van der Waals surface area contributed by atoms with Crippen molar-refractivity contribution in [3.8, 4) is 0 Å². The van der Waals surface area contributed by atoms with Crippen molar-refractivity contribution in [2.45, 2.75) is 77.3 Å². The van der Waals surface area contributed by atoms with E-state index in [-0.39, 0.29) is 18.8 Å². The molecule has 5 heteroatoms. The summed E-state index contributed by atoms with van der Waals surface area (Å²) in [4.78, 5) is 15.1. The van der Waals surface area contributed by atoms with Gasteiger partial charge in [0.25, 0.3) is 5.91 Å². The summed E-state index contributed by atoms with van der Waals surface area (Å²) in [6, 6.07) is 7.78. The second-order valence-electron chi connectivity index (χ2n) is 9.01. The fourth-order valence-electron chi connectivity index (χ4n) is 5.01. The molecule has 5 nitrogen and oxygen atoms in total. The Bertz CT molecular complexity index is 717. The maximum Gasteiger partial charge on any atom is 0.288 e. The van der Waals surface area contributed by atoms with Gasteiger partial charge in [-0.2, -0.15) is 0 Å². The number of carbonyl (C=O) groups excluding carboxylic acids is 1. The molecule has 30 heavy (non-hydrogen) atoms. The first-order valence-corrected chi connectivity index (χ1v) is 11.7. The maximum atomic E-state index is 13.1. The van der Waals surface area contributed by atoms with E-state index in [1.165, 1.54) is 38.5 Å². The third-order valence-corrected chi connectivity index (χ3v) is 6.84. The van der Waals surface area contributed by atoms with Crippen LogP contribution in [-0.4, -0.2) is 35.3 Å². The molecule has 0 aromatic heterocycles. The van der Waals surface area contributed by atoms with Gasteiger partial charge >= 0.3 is 0 Å². The second kappa shape index (κ2) is 10.5. The van der Waals surface area contributed by atoms with Crippen LogP contribution in [0.1, 0.15) is 68.9 Å². The van der Waals surface area contributed by atoms with Crippen LogP contribution in [0.25, 0.3) is 0 Å². The van der Waals surface area contributed by atoms with Crippen molar-refractivity contribution in [1.29, 1.82) is 0 Å². The molecule has 0 spiro atoms. The van der Waals surface area contributed by atoms with Crippen LogP contribution in [0.5, 0.6) is 0 Å². The van der Waals surface area contributed by atoms with E-state index in [1.807, 2.05) is 29.2 Å². The third-order valence-electron chi connectivity index (χ3n) is 6.84. The molecule has 2 aliphatic heterocycles. The van der Waals surface area contributed by atoms with Gasteiger partial charge in [0.15, 0.2) is 5.76 Å². The number of piperidine rings is 1. The summed E-state index contributed by atoms with van der Waals surface area (Å²) in [5, 5.41) is 9.21. The van der Waals surface area contributed by atoms with E-state index in [2.05, 4.69) is 6.08 Å². The van der Waals surface area contributed by atoms with E-state index >= 15 is 0 Å². The number of carbonyl (C=O) groups is 1. The van der Waals surface area contributed by atoms with Gasteiger partial charge in [0.05, 0.1) is 13.2 Å². The zero-order valence-corrected chi connectivity index (χ0v) is 17.9. The average molecular weight is 414 g/mol. The fourth-order valence-corrected chi connectivity index (χ4v) is 5.01. The Morgan fingerprint density at radius 2 is 1.67 bits per heavy atom. The van der Waals surface area contributed by atoms with Crippen molar-refractivity contribution in [2.24, 2.45) is 11.8 Å². The largest absolute Gasteiger partial charge is 0.459 e. The monoisotopic (exact) mass is 413 g/mol. The van der Waals surface area contributed by atoms with Crippen LogP contribution in [-0.2, 0) is 27.5 Å². The highest BCUT2D eigenvalue weighted by Gasteiger charge is 2.34. The van der Waals surface area contributed by atoms with Crippen LogP contribution in [0.2, 0.25) is 0 Å². The lowest BCUT2D eigenvalue weighted by atomic mass is 9.77. The summed E-state index contributed by atoms with van der Waals surface area (Å²) in [6.45, 7) is 2.15. The highest BCUT2D eigenvalue weighted by molar-refractivity contribution is 5.91. The first-order chi connectivity index (χ1) is 14.7. The van der Waals surface area contributed by atoms with E-state index in [0.717, 1.165) is 43.5 Å². The lowest BCUT2D eigenvalue weighted by molar-refractivity contribution is -0.161. The standard InChI is InChI=1S/C25H35NO4/c27-17-19-9-11-20(12-10-19)18-29-24-16-22(21-7-3-1-4-8-21)15-23(30-24)25(28)26-13-5-2-6-14-26/h9-12,15,21-22,24,27H,1-8,13-14,16-18H2/t22-,24+/m0/s1. The van der Waals surface area contributed by atoms with E-state index in [4.69, 9.17) is 9.47 Å². The first kappa shape index (κ1) is 21.4. The maximum absolute atomic E-state index is 13.1. The zero-order chi connectivity index (χ0) is 20.8. The molecule has 1 amide bonds. The number of hydrogen-bond donors (Lipinski definition) is 1. The van der Waals surface area contributed by atoms with Crippen molar-refractivity contribution in [1.82, 2.24) is 4.90 Å². The molecule has 0 radical (unpaired) electrons. The summed E-state index contributed by atoms with van der Waals surface area (Å²) in [6.07, 6.45) is 12.3. The molecule has 1 aromatic rings. The Labute approximate surface area is 180 Å². The van der Waals surface area contributed by atoms with E-state index in [9.17, 15) is 9.90 Å². The van der Waals surface area contributed by atoms with Gasteiger partial charge in [-0.3, -0.25) is 4.79 Å². The Hall–Kier alpha value is -1.85. The number of benzene rings is 1. The number of amides is 1. The number of aliphatic hydroxyl groups is 1. The number of aliphatic hydroxyl groups excluding tert-OH is 1. The van der Waals surface area contributed by atoms with Crippen molar-refractivity contribution in [3.63, 3.8) is 0 Å². The van der Waals surface area contributed by atoms with Gasteiger partial charge in [-0.05, 0) is 61.1 Å². The van der Waals surface area contributed by atoms with E-state index in [1.54, 1.807) is 0 Å². The van der Waals surface area contributed by atoms with Gasteiger partial charge in [-0.15, -0.1) is 0 Å². The molecule has 1 N–H and O–H groups in total. The predicted octanol–water partition coefficient (Wildman–Crippen LogP) is 4.53. The van der Waals surface area contributed by atoms with Crippen LogP contribution < -0.4 is 0 Å². The summed E-state index contributed by atoms with van der Waals surface area (Å²) in [7, 11) is 0. The summed E-state index contributed by atoms with van der Waals surface area (Å²) in [5.41, 5.74) is 1.94. The lowest BCUT2D eigenvalue weighted by Crippen LogP contribution is -2.40. The number of allylic oxidation sites excluding steroid dienone is 1. The molecule has 2 atom stereocenters. The topological polar surface area (TPSA) is 59.0 Å². The third kappa shape index (κ3) is 5.44. The van der Waals surface area contributed by atoms with Crippen LogP contribution in [0, 0.1) is 11.8 Å². The Kier molecular flexibility index (Phi) is 7.45. The number of nitrogens with zero attached hydrogens (tertiary/aromatic N) is 1. The second-order valence-corrected chi connectivity index (χ2v) is 9.01. The number of ether oxygens (including phenoxy) is 2. The van der Waals surface area contributed by atoms with Crippen molar-refractivity contribution >= 4 is 5.91 Å².